The van der Waals surface area contributed by atoms with Crippen LogP contribution >= 0.6 is 11.8 Å². The molecule has 1 atom stereocenters. The second-order valence-corrected chi connectivity index (χ2v) is 9.13. The summed E-state index contributed by atoms with van der Waals surface area (Å²) in [5.74, 6) is 2.69. The van der Waals surface area contributed by atoms with Crippen molar-refractivity contribution in [1.29, 1.82) is 0 Å². The first-order valence-electron chi connectivity index (χ1n) is 11.0. The van der Waals surface area contributed by atoms with Gasteiger partial charge < -0.3 is 14.8 Å². The molecule has 32 heavy (non-hydrogen) atoms. The van der Waals surface area contributed by atoms with Gasteiger partial charge in [-0.25, -0.2) is 0 Å². The predicted molar refractivity (Wildman–Crippen MR) is 125 cm³/mol. The van der Waals surface area contributed by atoms with Crippen LogP contribution in [0.1, 0.15) is 35.4 Å². The van der Waals surface area contributed by atoms with Crippen LogP contribution in [0.2, 0.25) is 0 Å². The molecule has 0 saturated carbocycles. The molecular formula is C24H25N5O2S. The van der Waals surface area contributed by atoms with Gasteiger partial charge in [-0.1, -0.05) is 36.8 Å². The number of nitrogens with zero attached hydrogens (tertiary/aromatic N) is 4. The Hall–Kier alpha value is -3.13. The number of rotatable bonds is 4. The number of thioether (sulfide) groups is 1. The minimum Gasteiger partial charge on any atom is -0.324 e. The van der Waals surface area contributed by atoms with Crippen molar-refractivity contribution in [3.05, 3.63) is 66.0 Å². The summed E-state index contributed by atoms with van der Waals surface area (Å²) in [5, 5.41) is 11.8. The van der Waals surface area contributed by atoms with Crippen LogP contribution in [-0.2, 0) is 17.8 Å². The van der Waals surface area contributed by atoms with E-state index in [0.717, 1.165) is 43.0 Å². The Balaban J connectivity index is 1.33. The maximum Gasteiger partial charge on any atom is 0.255 e. The summed E-state index contributed by atoms with van der Waals surface area (Å²) in [6.45, 7) is 0.921. The third-order valence-corrected chi connectivity index (χ3v) is 6.98. The van der Waals surface area contributed by atoms with Crippen LogP contribution in [0.4, 0.5) is 5.69 Å². The van der Waals surface area contributed by atoms with E-state index in [1.54, 1.807) is 28.8 Å². The number of carbonyl (C=O) groups is 2. The molecular weight excluding hydrogens is 422 g/mol. The summed E-state index contributed by atoms with van der Waals surface area (Å²) in [7, 11) is 0. The van der Waals surface area contributed by atoms with Crippen molar-refractivity contribution in [2.45, 2.75) is 38.3 Å². The van der Waals surface area contributed by atoms with Gasteiger partial charge in [-0.2, -0.15) is 0 Å². The molecule has 1 aromatic heterocycles. The minimum absolute atomic E-state index is 0.115. The number of fused-ring (bicyclic) bond motifs is 1. The molecule has 1 saturated heterocycles. The van der Waals surface area contributed by atoms with Gasteiger partial charge in [0.25, 0.3) is 5.91 Å². The van der Waals surface area contributed by atoms with Crippen molar-refractivity contribution in [3.63, 3.8) is 0 Å². The lowest BCUT2D eigenvalue weighted by Crippen LogP contribution is -2.44. The molecule has 2 aliphatic rings. The quantitative estimate of drug-likeness (QED) is 0.658. The Labute approximate surface area is 191 Å². The van der Waals surface area contributed by atoms with E-state index >= 15 is 0 Å². The Bertz CT molecular complexity index is 1130. The number of carbonyl (C=O) groups excluding carboxylic acids is 2. The van der Waals surface area contributed by atoms with Gasteiger partial charge in [-0.3, -0.25) is 9.59 Å². The second kappa shape index (κ2) is 9.16. The summed E-state index contributed by atoms with van der Waals surface area (Å²) in [4.78, 5) is 27.6. The maximum absolute atomic E-state index is 13.1. The Morgan fingerprint density at radius 1 is 1.00 bits per heavy atom. The van der Waals surface area contributed by atoms with Gasteiger partial charge in [0.2, 0.25) is 5.91 Å². The van der Waals surface area contributed by atoms with Crippen molar-refractivity contribution in [3.8, 4) is 11.4 Å². The molecule has 0 aliphatic carbocycles. The highest BCUT2D eigenvalue weighted by Crippen LogP contribution is 2.27. The van der Waals surface area contributed by atoms with Crippen molar-refractivity contribution >= 4 is 29.3 Å². The lowest BCUT2D eigenvalue weighted by molar-refractivity contribution is -0.119. The van der Waals surface area contributed by atoms with E-state index in [0.29, 0.717) is 22.9 Å². The molecule has 0 unspecified atom stereocenters. The Morgan fingerprint density at radius 2 is 1.88 bits per heavy atom. The van der Waals surface area contributed by atoms with E-state index in [1.807, 2.05) is 42.5 Å². The summed E-state index contributed by atoms with van der Waals surface area (Å²) in [5.41, 5.74) is 2.23. The first-order chi connectivity index (χ1) is 15.7. The van der Waals surface area contributed by atoms with E-state index in [-0.39, 0.29) is 11.8 Å². The molecule has 7 nitrogen and oxygen atoms in total. The van der Waals surface area contributed by atoms with Crippen LogP contribution < -0.4 is 5.32 Å². The molecule has 3 heterocycles. The highest BCUT2D eigenvalue weighted by atomic mass is 32.2. The third kappa shape index (κ3) is 4.14. The summed E-state index contributed by atoms with van der Waals surface area (Å²) >= 11 is 1.59. The number of hydrogen-bond acceptors (Lipinski definition) is 5. The minimum atomic E-state index is -0.499. The van der Waals surface area contributed by atoms with Crippen LogP contribution in [0.25, 0.3) is 11.4 Å². The molecule has 2 aliphatic heterocycles. The van der Waals surface area contributed by atoms with Crippen LogP contribution in [0.3, 0.4) is 0 Å². The standard InChI is InChI=1S/C24H25N5O2S/c30-23(20-15-32-16-29(20)24(31)17-8-3-1-4-9-17)25-19-11-7-10-18(14-19)22-27-26-21-12-5-2-6-13-28(21)22/h1,3-4,7-11,14,20H,2,5-6,12-13,15-16H2,(H,25,30)/t20-/m0/s1. The monoisotopic (exact) mass is 447 g/mol. The van der Waals surface area contributed by atoms with Gasteiger partial charge in [-0.15, -0.1) is 22.0 Å². The zero-order valence-corrected chi connectivity index (χ0v) is 18.6. The van der Waals surface area contributed by atoms with Crippen LogP contribution in [-0.4, -0.2) is 49.2 Å². The smallest absolute Gasteiger partial charge is 0.255 e. The molecule has 0 radical (unpaired) electrons. The number of anilines is 1. The number of hydrogen-bond donors (Lipinski definition) is 1. The summed E-state index contributed by atoms with van der Waals surface area (Å²) in [6, 6.07) is 16.3. The molecule has 5 rings (SSSR count). The van der Waals surface area contributed by atoms with Crippen molar-refractivity contribution in [2.75, 3.05) is 16.9 Å². The van der Waals surface area contributed by atoms with Gasteiger partial charge >= 0.3 is 0 Å². The highest BCUT2D eigenvalue weighted by Gasteiger charge is 2.35. The van der Waals surface area contributed by atoms with Crippen molar-refractivity contribution in [1.82, 2.24) is 19.7 Å². The molecule has 8 heteroatoms. The lowest BCUT2D eigenvalue weighted by Gasteiger charge is -2.23. The van der Waals surface area contributed by atoms with Crippen molar-refractivity contribution in [2.24, 2.45) is 0 Å². The van der Waals surface area contributed by atoms with Gasteiger partial charge in [0.15, 0.2) is 5.82 Å². The van der Waals surface area contributed by atoms with E-state index in [9.17, 15) is 9.59 Å². The van der Waals surface area contributed by atoms with E-state index in [2.05, 4.69) is 20.1 Å². The molecule has 3 aromatic rings. The fraction of sp³-hybridized carbons (Fsp3) is 0.333. The molecule has 1 fully saturated rings. The average Bonchev–Trinajstić information content (AvgIpc) is 3.41. The van der Waals surface area contributed by atoms with E-state index in [1.165, 1.54) is 6.42 Å². The SMILES string of the molecule is O=C(Nc1cccc(-c2nnc3n2CCCCC3)c1)[C@@H]1CSCN1C(=O)c1ccccc1. The van der Waals surface area contributed by atoms with Crippen LogP contribution in [0, 0.1) is 0 Å². The highest BCUT2D eigenvalue weighted by molar-refractivity contribution is 7.99. The number of amides is 2. The first-order valence-corrected chi connectivity index (χ1v) is 12.1. The normalized spacial score (nSPS) is 18.1. The fourth-order valence-corrected chi connectivity index (χ4v) is 5.42. The van der Waals surface area contributed by atoms with Gasteiger partial charge in [-0.05, 0) is 37.1 Å². The number of benzene rings is 2. The maximum atomic E-state index is 13.1. The number of nitrogens with one attached hydrogen (secondary N) is 1. The van der Waals surface area contributed by atoms with Crippen molar-refractivity contribution < 1.29 is 9.59 Å². The van der Waals surface area contributed by atoms with Gasteiger partial charge in [0.1, 0.15) is 11.9 Å². The number of aryl methyl sites for hydroxylation is 1. The van der Waals surface area contributed by atoms with Crippen LogP contribution in [0.15, 0.2) is 54.6 Å². The predicted octanol–water partition coefficient (Wildman–Crippen LogP) is 3.83. The van der Waals surface area contributed by atoms with E-state index < -0.39 is 6.04 Å². The topological polar surface area (TPSA) is 80.1 Å². The number of aromatic nitrogens is 3. The summed E-state index contributed by atoms with van der Waals surface area (Å²) < 4.78 is 2.20. The molecule has 2 amide bonds. The zero-order chi connectivity index (χ0) is 21.9. The molecule has 0 bridgehead atoms. The third-order valence-electron chi connectivity index (χ3n) is 5.96. The largest absolute Gasteiger partial charge is 0.324 e. The van der Waals surface area contributed by atoms with Gasteiger partial charge in [0.05, 0.1) is 5.88 Å². The van der Waals surface area contributed by atoms with Crippen LogP contribution in [0.5, 0.6) is 0 Å². The molecule has 2 aromatic carbocycles. The average molecular weight is 448 g/mol. The molecule has 0 spiro atoms. The fourth-order valence-electron chi connectivity index (χ4n) is 4.27. The van der Waals surface area contributed by atoms with Gasteiger partial charge in [0, 0.05) is 35.5 Å². The lowest BCUT2D eigenvalue weighted by atomic mass is 10.1. The Kier molecular flexibility index (Phi) is 5.94. The molecule has 164 valence electrons. The van der Waals surface area contributed by atoms with E-state index in [4.69, 9.17) is 0 Å². The summed E-state index contributed by atoms with van der Waals surface area (Å²) in [6.07, 6.45) is 4.43. The Morgan fingerprint density at radius 3 is 2.75 bits per heavy atom. The first kappa shape index (κ1) is 20.8. The zero-order valence-electron chi connectivity index (χ0n) is 17.7. The second-order valence-electron chi connectivity index (χ2n) is 8.13. The molecule has 1 N–H and O–H groups in total.